The second-order valence-electron chi connectivity index (χ2n) is 6.23. The molecule has 1 fully saturated rings. The second-order valence-corrected chi connectivity index (χ2v) is 6.23. The Kier molecular flexibility index (Phi) is 7.96. The minimum absolute atomic E-state index is 0. The quantitative estimate of drug-likeness (QED) is 0.761. The maximum atomic E-state index is 13.7. The van der Waals surface area contributed by atoms with Crippen LogP contribution in [0.2, 0.25) is 0 Å². The van der Waals surface area contributed by atoms with Crippen molar-refractivity contribution in [3.05, 3.63) is 35.1 Å². The summed E-state index contributed by atoms with van der Waals surface area (Å²) in [5.74, 6) is -0.585. The molecule has 0 saturated carbocycles. The summed E-state index contributed by atoms with van der Waals surface area (Å²) in [4.78, 5) is 2.06. The highest BCUT2D eigenvalue weighted by atomic mass is 35.5. The third-order valence-corrected chi connectivity index (χ3v) is 4.47. The van der Waals surface area contributed by atoms with Crippen molar-refractivity contribution in [1.29, 1.82) is 0 Å². The Bertz CT molecular complexity index is 516. The molecule has 0 bridgehead atoms. The van der Waals surface area contributed by atoms with Crippen molar-refractivity contribution < 1.29 is 17.6 Å². The minimum Gasteiger partial charge on any atom is -0.314 e. The highest BCUT2D eigenvalue weighted by Crippen LogP contribution is 2.40. The molecule has 1 aromatic rings. The van der Waals surface area contributed by atoms with E-state index in [0.717, 1.165) is 44.1 Å². The van der Waals surface area contributed by atoms with Gasteiger partial charge in [-0.25, -0.2) is 4.39 Å². The van der Waals surface area contributed by atoms with Gasteiger partial charge in [0, 0.05) is 32.2 Å². The summed E-state index contributed by atoms with van der Waals surface area (Å²) in [6, 6.07) is 2.43. The Morgan fingerprint density at radius 2 is 1.83 bits per heavy atom. The van der Waals surface area contributed by atoms with E-state index >= 15 is 0 Å². The van der Waals surface area contributed by atoms with E-state index in [4.69, 9.17) is 0 Å². The van der Waals surface area contributed by atoms with E-state index in [2.05, 4.69) is 10.2 Å². The molecule has 1 N–H and O–H groups in total. The van der Waals surface area contributed by atoms with E-state index in [9.17, 15) is 17.6 Å². The van der Waals surface area contributed by atoms with Gasteiger partial charge in [-0.05, 0) is 36.1 Å². The molecule has 0 aliphatic carbocycles. The predicted molar refractivity (Wildman–Crippen MR) is 89.9 cm³/mol. The van der Waals surface area contributed by atoms with E-state index in [1.165, 1.54) is 0 Å². The van der Waals surface area contributed by atoms with Crippen molar-refractivity contribution in [2.45, 2.75) is 38.9 Å². The van der Waals surface area contributed by atoms with Crippen molar-refractivity contribution in [1.82, 2.24) is 10.2 Å². The number of nitrogens with one attached hydrogen (secondary N) is 1. The molecule has 0 radical (unpaired) electrons. The van der Waals surface area contributed by atoms with Crippen molar-refractivity contribution >= 4 is 12.4 Å². The highest BCUT2D eigenvalue weighted by molar-refractivity contribution is 5.85. The molecule has 2 rings (SSSR count). The lowest BCUT2D eigenvalue weighted by molar-refractivity contribution is -0.139. The fourth-order valence-corrected chi connectivity index (χ4v) is 3.47. The SMILES string of the molecule is CCCC(C)[C@H](c1cc(F)ccc1C(F)(F)F)N1CCNCC1.Cl. The zero-order valence-corrected chi connectivity index (χ0v) is 14.8. The van der Waals surface area contributed by atoms with Crippen LogP contribution in [0.1, 0.15) is 43.9 Å². The number of hydrogen-bond acceptors (Lipinski definition) is 2. The first-order chi connectivity index (χ1) is 10.8. The van der Waals surface area contributed by atoms with Gasteiger partial charge in [0.25, 0.3) is 0 Å². The average Bonchev–Trinajstić information content (AvgIpc) is 2.47. The molecule has 1 aliphatic heterocycles. The van der Waals surface area contributed by atoms with Crippen molar-refractivity contribution in [3.8, 4) is 0 Å². The number of benzene rings is 1. The smallest absolute Gasteiger partial charge is 0.314 e. The monoisotopic (exact) mass is 368 g/mol. The van der Waals surface area contributed by atoms with E-state index in [1.807, 2.05) is 13.8 Å². The van der Waals surface area contributed by atoms with Gasteiger partial charge in [-0.2, -0.15) is 13.2 Å². The third kappa shape index (κ3) is 5.07. The highest BCUT2D eigenvalue weighted by Gasteiger charge is 2.38. The third-order valence-electron chi connectivity index (χ3n) is 4.47. The number of alkyl halides is 3. The largest absolute Gasteiger partial charge is 0.416 e. The van der Waals surface area contributed by atoms with Gasteiger partial charge in [0.1, 0.15) is 5.82 Å². The first-order valence-corrected chi connectivity index (χ1v) is 8.16. The summed E-state index contributed by atoms with van der Waals surface area (Å²) in [5.41, 5.74) is -0.647. The summed E-state index contributed by atoms with van der Waals surface area (Å²) in [6.45, 7) is 6.81. The molecule has 0 amide bonds. The van der Waals surface area contributed by atoms with E-state index in [0.29, 0.717) is 13.1 Å². The molecule has 0 spiro atoms. The fraction of sp³-hybridized carbons (Fsp3) is 0.647. The molecule has 1 saturated heterocycles. The van der Waals surface area contributed by atoms with Crippen molar-refractivity contribution in [3.63, 3.8) is 0 Å². The van der Waals surface area contributed by atoms with Crippen LogP contribution < -0.4 is 5.32 Å². The van der Waals surface area contributed by atoms with Crippen LogP contribution in [0, 0.1) is 11.7 Å². The van der Waals surface area contributed by atoms with Crippen LogP contribution in [0.25, 0.3) is 0 Å². The standard InChI is InChI=1S/C17H24F4N2.ClH/c1-3-4-12(2)16(23-9-7-22-8-10-23)14-11-13(18)5-6-15(14)17(19,20)21;/h5-6,11-12,16,22H,3-4,7-10H2,1-2H3;1H/t12?,16-;/m1./s1. The predicted octanol–water partition coefficient (Wildman–Crippen LogP) is 4.65. The maximum absolute atomic E-state index is 13.7. The van der Waals surface area contributed by atoms with Crippen molar-refractivity contribution in [2.24, 2.45) is 5.92 Å². The molecule has 138 valence electrons. The zero-order valence-electron chi connectivity index (χ0n) is 14.0. The van der Waals surface area contributed by atoms with E-state index in [1.54, 1.807) is 0 Å². The van der Waals surface area contributed by atoms with Crippen LogP contribution in [0.15, 0.2) is 18.2 Å². The van der Waals surface area contributed by atoms with Crippen LogP contribution in [-0.4, -0.2) is 31.1 Å². The number of piperazine rings is 1. The molecule has 1 heterocycles. The summed E-state index contributed by atoms with van der Waals surface area (Å²) < 4.78 is 53.9. The molecule has 1 aliphatic rings. The topological polar surface area (TPSA) is 15.3 Å². The lowest BCUT2D eigenvalue weighted by atomic mass is 9.86. The van der Waals surface area contributed by atoms with Gasteiger partial charge in [-0.1, -0.05) is 20.3 Å². The molecule has 0 aromatic heterocycles. The molecule has 7 heteroatoms. The second kappa shape index (κ2) is 9.02. The molecule has 1 aromatic carbocycles. The number of rotatable bonds is 5. The first-order valence-electron chi connectivity index (χ1n) is 8.16. The Morgan fingerprint density at radius 1 is 1.21 bits per heavy atom. The van der Waals surface area contributed by atoms with E-state index < -0.39 is 23.6 Å². The van der Waals surface area contributed by atoms with Crippen LogP contribution >= 0.6 is 12.4 Å². The minimum atomic E-state index is -4.47. The lowest BCUT2D eigenvalue weighted by Crippen LogP contribution is -2.47. The molecule has 2 nitrogen and oxygen atoms in total. The first kappa shape index (κ1) is 21.2. The Hall–Kier alpha value is -0.850. The summed E-state index contributed by atoms with van der Waals surface area (Å²) in [6.07, 6.45) is -2.77. The van der Waals surface area contributed by atoms with Gasteiger partial charge in [-0.15, -0.1) is 12.4 Å². The molecule has 1 unspecified atom stereocenters. The van der Waals surface area contributed by atoms with Gasteiger partial charge < -0.3 is 5.32 Å². The number of nitrogens with zero attached hydrogens (tertiary/aromatic N) is 1. The van der Waals surface area contributed by atoms with Gasteiger partial charge in [0.15, 0.2) is 0 Å². The fourth-order valence-electron chi connectivity index (χ4n) is 3.47. The summed E-state index contributed by atoms with van der Waals surface area (Å²) >= 11 is 0. The zero-order chi connectivity index (χ0) is 17.0. The Morgan fingerprint density at radius 3 is 2.38 bits per heavy atom. The van der Waals surface area contributed by atoms with Gasteiger partial charge in [-0.3, -0.25) is 4.90 Å². The Labute approximate surface area is 147 Å². The molecular formula is C17H25ClF4N2. The molecular weight excluding hydrogens is 344 g/mol. The lowest BCUT2D eigenvalue weighted by Gasteiger charge is -2.39. The van der Waals surface area contributed by atoms with E-state index in [-0.39, 0.29) is 23.9 Å². The van der Waals surface area contributed by atoms with Crippen molar-refractivity contribution in [2.75, 3.05) is 26.2 Å². The molecule has 24 heavy (non-hydrogen) atoms. The number of hydrogen-bond donors (Lipinski definition) is 1. The van der Waals surface area contributed by atoms with Gasteiger partial charge >= 0.3 is 6.18 Å². The average molecular weight is 369 g/mol. The van der Waals surface area contributed by atoms with Crippen LogP contribution in [-0.2, 0) is 6.18 Å². The number of halogens is 5. The van der Waals surface area contributed by atoms with Crippen LogP contribution in [0.4, 0.5) is 17.6 Å². The van der Waals surface area contributed by atoms with Crippen LogP contribution in [0.3, 0.4) is 0 Å². The van der Waals surface area contributed by atoms with Gasteiger partial charge in [0.05, 0.1) is 5.56 Å². The van der Waals surface area contributed by atoms with Gasteiger partial charge in [0.2, 0.25) is 0 Å². The van der Waals surface area contributed by atoms with Crippen LogP contribution in [0.5, 0.6) is 0 Å². The maximum Gasteiger partial charge on any atom is 0.416 e. The summed E-state index contributed by atoms with van der Waals surface area (Å²) in [5, 5.41) is 3.21. The normalized spacial score (nSPS) is 18.8. The summed E-state index contributed by atoms with van der Waals surface area (Å²) in [7, 11) is 0. The Balaban J connectivity index is 0.00000288. The molecule has 2 atom stereocenters.